The van der Waals surface area contributed by atoms with Gasteiger partial charge in [-0.05, 0) is 30.5 Å². The van der Waals surface area contributed by atoms with E-state index in [4.69, 9.17) is 0 Å². The zero-order valence-electron chi connectivity index (χ0n) is 11.7. The zero-order chi connectivity index (χ0) is 14.9. The van der Waals surface area contributed by atoms with E-state index in [9.17, 15) is 14.4 Å². The van der Waals surface area contributed by atoms with Gasteiger partial charge in [-0.15, -0.1) is 0 Å². The molecular weight excluding hydrogens is 258 g/mol. The quantitative estimate of drug-likeness (QED) is 0.791. The maximum absolute atomic E-state index is 11.7. The summed E-state index contributed by atoms with van der Waals surface area (Å²) in [7, 11) is 3.91. The molecule has 6 heteroatoms. The van der Waals surface area contributed by atoms with Crippen molar-refractivity contribution in [2.45, 2.75) is 13.3 Å². The van der Waals surface area contributed by atoms with Gasteiger partial charge >= 0.3 is 6.03 Å². The number of amides is 4. The van der Waals surface area contributed by atoms with Gasteiger partial charge in [0.15, 0.2) is 0 Å². The van der Waals surface area contributed by atoms with Gasteiger partial charge in [0.1, 0.15) is 5.92 Å². The van der Waals surface area contributed by atoms with Crippen molar-refractivity contribution >= 4 is 23.5 Å². The first-order chi connectivity index (χ1) is 9.38. The number of nitrogens with zero attached hydrogens (tertiary/aromatic N) is 1. The molecule has 0 saturated carbocycles. The Bertz CT molecular complexity index is 561. The predicted molar refractivity (Wildman–Crippen MR) is 74.4 cm³/mol. The fourth-order valence-electron chi connectivity index (χ4n) is 2.32. The maximum atomic E-state index is 11.7. The Balaban J connectivity index is 2.18. The molecule has 1 saturated heterocycles. The standard InChI is InChI=1S/C14H17N3O3/c1-8-6-9(4-5-11(8)17(2)3)7-10-12(18)15-14(20)16-13(10)19/h4-6,10H,7H2,1-3H3,(H2,15,16,18,19,20). The van der Waals surface area contributed by atoms with E-state index in [-0.39, 0.29) is 6.42 Å². The molecule has 4 amide bonds. The molecule has 0 radical (unpaired) electrons. The topological polar surface area (TPSA) is 78.5 Å². The van der Waals surface area contributed by atoms with Crippen LogP contribution in [0.15, 0.2) is 18.2 Å². The van der Waals surface area contributed by atoms with Gasteiger partial charge < -0.3 is 4.90 Å². The Kier molecular flexibility index (Phi) is 3.74. The Morgan fingerprint density at radius 1 is 1.10 bits per heavy atom. The van der Waals surface area contributed by atoms with Gasteiger partial charge in [-0.3, -0.25) is 20.2 Å². The molecule has 1 aliphatic heterocycles. The van der Waals surface area contributed by atoms with Crippen LogP contribution in [0, 0.1) is 12.8 Å². The monoisotopic (exact) mass is 275 g/mol. The second-order valence-corrected chi connectivity index (χ2v) is 5.08. The number of imide groups is 2. The summed E-state index contributed by atoms with van der Waals surface area (Å²) in [5.74, 6) is -1.96. The lowest BCUT2D eigenvalue weighted by atomic mass is 9.95. The molecule has 1 heterocycles. The number of nitrogens with one attached hydrogen (secondary N) is 2. The van der Waals surface area contributed by atoms with Crippen LogP contribution in [0.3, 0.4) is 0 Å². The lowest BCUT2D eigenvalue weighted by Crippen LogP contribution is -2.56. The number of carbonyl (C=O) groups excluding carboxylic acids is 3. The van der Waals surface area contributed by atoms with Crippen molar-refractivity contribution in [3.8, 4) is 0 Å². The Hall–Kier alpha value is -2.37. The van der Waals surface area contributed by atoms with Crippen molar-refractivity contribution in [3.63, 3.8) is 0 Å². The van der Waals surface area contributed by atoms with E-state index in [1.165, 1.54) is 0 Å². The number of barbiturate groups is 1. The van der Waals surface area contributed by atoms with Crippen LogP contribution in [0.1, 0.15) is 11.1 Å². The normalized spacial score (nSPS) is 15.8. The van der Waals surface area contributed by atoms with Gasteiger partial charge in [-0.1, -0.05) is 12.1 Å². The molecular formula is C14H17N3O3. The highest BCUT2D eigenvalue weighted by Gasteiger charge is 2.34. The largest absolute Gasteiger partial charge is 0.377 e. The average Bonchev–Trinajstić information content (AvgIpc) is 2.33. The molecule has 0 aliphatic carbocycles. The van der Waals surface area contributed by atoms with Gasteiger partial charge in [0.2, 0.25) is 11.8 Å². The maximum Gasteiger partial charge on any atom is 0.328 e. The summed E-state index contributed by atoms with van der Waals surface area (Å²) < 4.78 is 0. The average molecular weight is 275 g/mol. The van der Waals surface area contributed by atoms with Crippen molar-refractivity contribution < 1.29 is 14.4 Å². The number of carbonyl (C=O) groups is 3. The summed E-state index contributed by atoms with van der Waals surface area (Å²) in [5.41, 5.74) is 3.04. The first-order valence-corrected chi connectivity index (χ1v) is 6.31. The Labute approximate surface area is 117 Å². The van der Waals surface area contributed by atoms with Crippen LogP contribution in [-0.2, 0) is 16.0 Å². The van der Waals surface area contributed by atoms with Crippen LogP contribution in [0.2, 0.25) is 0 Å². The van der Waals surface area contributed by atoms with Crippen LogP contribution < -0.4 is 15.5 Å². The highest BCUT2D eigenvalue weighted by Crippen LogP contribution is 2.21. The van der Waals surface area contributed by atoms with Crippen molar-refractivity contribution in [2.75, 3.05) is 19.0 Å². The minimum absolute atomic E-state index is 0.277. The van der Waals surface area contributed by atoms with E-state index < -0.39 is 23.8 Å². The third kappa shape index (κ3) is 2.79. The van der Waals surface area contributed by atoms with Crippen LogP contribution in [0.25, 0.3) is 0 Å². The minimum atomic E-state index is -0.864. The molecule has 0 aromatic heterocycles. The molecule has 1 aromatic carbocycles. The molecule has 0 spiro atoms. The van der Waals surface area contributed by atoms with E-state index in [1.807, 2.05) is 44.1 Å². The highest BCUT2D eigenvalue weighted by molar-refractivity contribution is 6.16. The SMILES string of the molecule is Cc1cc(CC2C(=O)NC(=O)NC2=O)ccc1N(C)C. The van der Waals surface area contributed by atoms with Crippen molar-refractivity contribution in [1.82, 2.24) is 10.6 Å². The molecule has 1 aromatic rings. The summed E-state index contributed by atoms with van der Waals surface area (Å²) in [6.07, 6.45) is 0.277. The molecule has 0 atom stereocenters. The van der Waals surface area contributed by atoms with E-state index >= 15 is 0 Å². The lowest BCUT2D eigenvalue weighted by Gasteiger charge is -2.21. The fraction of sp³-hybridized carbons (Fsp3) is 0.357. The number of rotatable bonds is 3. The molecule has 0 bridgehead atoms. The molecule has 2 N–H and O–H groups in total. The Morgan fingerprint density at radius 3 is 2.20 bits per heavy atom. The minimum Gasteiger partial charge on any atom is -0.377 e. The Morgan fingerprint density at radius 2 is 1.70 bits per heavy atom. The second kappa shape index (κ2) is 5.32. The van der Waals surface area contributed by atoms with Crippen molar-refractivity contribution in [2.24, 2.45) is 5.92 Å². The van der Waals surface area contributed by atoms with Crippen molar-refractivity contribution in [3.05, 3.63) is 29.3 Å². The number of hydrogen-bond donors (Lipinski definition) is 2. The molecule has 0 unspecified atom stereocenters. The van der Waals surface area contributed by atoms with Crippen LogP contribution in [-0.4, -0.2) is 31.9 Å². The van der Waals surface area contributed by atoms with Gasteiger partial charge in [-0.2, -0.15) is 0 Å². The van der Waals surface area contributed by atoms with E-state index in [2.05, 4.69) is 10.6 Å². The van der Waals surface area contributed by atoms with Gasteiger partial charge in [0.25, 0.3) is 0 Å². The summed E-state index contributed by atoms with van der Waals surface area (Å²) in [5, 5.41) is 4.21. The fourth-order valence-corrected chi connectivity index (χ4v) is 2.32. The van der Waals surface area contributed by atoms with Crippen molar-refractivity contribution in [1.29, 1.82) is 0 Å². The van der Waals surface area contributed by atoms with Crippen LogP contribution >= 0.6 is 0 Å². The van der Waals surface area contributed by atoms with Crippen LogP contribution in [0.5, 0.6) is 0 Å². The third-order valence-corrected chi connectivity index (χ3v) is 3.29. The van der Waals surface area contributed by atoms with Gasteiger partial charge in [-0.25, -0.2) is 4.79 Å². The second-order valence-electron chi connectivity index (χ2n) is 5.08. The first-order valence-electron chi connectivity index (χ1n) is 6.31. The third-order valence-electron chi connectivity index (χ3n) is 3.29. The molecule has 2 rings (SSSR count). The lowest BCUT2D eigenvalue weighted by molar-refractivity contribution is -0.135. The first kappa shape index (κ1) is 14.0. The number of aryl methyl sites for hydroxylation is 1. The number of benzene rings is 1. The molecule has 1 fully saturated rings. The summed E-state index contributed by atoms with van der Waals surface area (Å²) in [6, 6.07) is 5.04. The smallest absolute Gasteiger partial charge is 0.328 e. The van der Waals surface area contributed by atoms with E-state index in [0.717, 1.165) is 16.8 Å². The molecule has 20 heavy (non-hydrogen) atoms. The summed E-state index contributed by atoms with van der Waals surface area (Å²) >= 11 is 0. The van der Waals surface area contributed by atoms with Crippen LogP contribution in [0.4, 0.5) is 10.5 Å². The zero-order valence-corrected chi connectivity index (χ0v) is 11.7. The summed E-state index contributed by atoms with van der Waals surface area (Å²) in [4.78, 5) is 36.3. The summed E-state index contributed by atoms with van der Waals surface area (Å²) in [6.45, 7) is 1.98. The van der Waals surface area contributed by atoms with E-state index in [1.54, 1.807) is 0 Å². The number of hydrogen-bond acceptors (Lipinski definition) is 4. The molecule has 106 valence electrons. The molecule has 6 nitrogen and oxygen atoms in total. The number of anilines is 1. The van der Waals surface area contributed by atoms with E-state index in [0.29, 0.717) is 0 Å². The van der Waals surface area contributed by atoms with Gasteiger partial charge in [0.05, 0.1) is 0 Å². The predicted octanol–water partition coefficient (Wildman–Crippen LogP) is 0.586. The molecule has 1 aliphatic rings. The van der Waals surface area contributed by atoms with Gasteiger partial charge in [0, 0.05) is 19.8 Å². The highest BCUT2D eigenvalue weighted by atomic mass is 16.2. The number of urea groups is 1.